The summed E-state index contributed by atoms with van der Waals surface area (Å²) in [5, 5.41) is 39.4. The van der Waals surface area contributed by atoms with Gasteiger partial charge in [-0.05, 0) is 18.2 Å². The van der Waals surface area contributed by atoms with E-state index >= 15 is 0 Å². The third-order valence-electron chi connectivity index (χ3n) is 3.08. The van der Waals surface area contributed by atoms with Crippen LogP contribution in [0.1, 0.15) is 26.3 Å². The van der Waals surface area contributed by atoms with Gasteiger partial charge in [0, 0.05) is 5.56 Å². The second-order valence-electron chi connectivity index (χ2n) is 4.88. The van der Waals surface area contributed by atoms with Gasteiger partial charge in [0.2, 0.25) is 0 Å². The van der Waals surface area contributed by atoms with Crippen LogP contribution in [0.25, 0.3) is 0 Å². The number of benzene rings is 1. The van der Waals surface area contributed by atoms with Crippen molar-refractivity contribution in [1.82, 2.24) is 4.98 Å². The molecule has 0 aliphatic heterocycles. The molecule has 25 heavy (non-hydrogen) atoms. The number of hydrogen-bond donors (Lipinski definition) is 5. The third kappa shape index (κ3) is 3.99. The summed E-state index contributed by atoms with van der Waals surface area (Å²) in [5.74, 6) is -6.52. The number of carbonyl (C=O) groups excluding carboxylic acids is 1. The van der Waals surface area contributed by atoms with Crippen molar-refractivity contribution in [2.75, 3.05) is 5.32 Å². The Bertz CT molecular complexity index is 882. The van der Waals surface area contributed by atoms with E-state index in [1.54, 1.807) is 0 Å². The van der Waals surface area contributed by atoms with Gasteiger partial charge >= 0.3 is 11.9 Å². The van der Waals surface area contributed by atoms with E-state index in [1.165, 1.54) is 0 Å². The third-order valence-corrected chi connectivity index (χ3v) is 3.08. The minimum Gasteiger partial charge on any atom is -0.508 e. The number of anilines is 1. The zero-order valence-corrected chi connectivity index (χ0v) is 12.4. The minimum atomic E-state index is -1.55. The number of nitrogens with one attached hydrogen (secondary N) is 1. The van der Waals surface area contributed by atoms with Crippen molar-refractivity contribution in [1.29, 1.82) is 0 Å². The van der Waals surface area contributed by atoms with Gasteiger partial charge in [-0.1, -0.05) is 0 Å². The Balaban J connectivity index is 2.41. The second kappa shape index (κ2) is 6.83. The Morgan fingerprint density at radius 1 is 1.08 bits per heavy atom. The maximum Gasteiger partial charge on any atom is 0.339 e. The predicted octanol–water partition coefficient (Wildman–Crippen LogP) is 1.21. The summed E-state index contributed by atoms with van der Waals surface area (Å²) in [5.41, 5.74) is -1.35. The molecule has 0 aliphatic carbocycles. The number of aromatic nitrogens is 1. The van der Waals surface area contributed by atoms with Crippen LogP contribution in [0.15, 0.2) is 24.4 Å². The largest absolute Gasteiger partial charge is 0.508 e. The lowest BCUT2D eigenvalue weighted by atomic mass is 10.0. The molecule has 0 saturated heterocycles. The quantitative estimate of drug-likeness (QED) is 0.504. The SMILES string of the molecule is O=C(O)Cc1cc(O)cc(C(=O)Nc2ncc(F)cc2C(=O)O)c1O. The van der Waals surface area contributed by atoms with Crippen molar-refractivity contribution < 1.29 is 39.2 Å². The van der Waals surface area contributed by atoms with Crippen molar-refractivity contribution >= 4 is 23.7 Å². The van der Waals surface area contributed by atoms with Crippen LogP contribution in [0, 0.1) is 5.82 Å². The van der Waals surface area contributed by atoms with Crippen LogP contribution in [0.4, 0.5) is 10.2 Å². The predicted molar refractivity (Wildman–Crippen MR) is 80.2 cm³/mol. The van der Waals surface area contributed by atoms with Gasteiger partial charge in [0.15, 0.2) is 0 Å². The summed E-state index contributed by atoms with van der Waals surface area (Å²) in [4.78, 5) is 37.5. The fourth-order valence-corrected chi connectivity index (χ4v) is 2.03. The van der Waals surface area contributed by atoms with Gasteiger partial charge in [-0.2, -0.15) is 0 Å². The highest BCUT2D eigenvalue weighted by molar-refractivity contribution is 6.08. The zero-order valence-electron chi connectivity index (χ0n) is 12.4. The standard InChI is InChI=1S/C15H11FN2O7/c16-7-3-10(15(24)25)13(17-5-7)18-14(23)9-4-8(19)1-6(12(9)22)2-11(20)21/h1,3-5,19,22H,2H2,(H,20,21)(H,24,25)(H,17,18,23). The number of carboxylic acid groups (broad SMARTS) is 2. The van der Waals surface area contributed by atoms with E-state index in [2.05, 4.69) is 10.3 Å². The fourth-order valence-electron chi connectivity index (χ4n) is 2.03. The number of carboxylic acids is 2. The van der Waals surface area contributed by atoms with Crippen molar-refractivity contribution in [3.8, 4) is 11.5 Å². The van der Waals surface area contributed by atoms with E-state index < -0.39 is 58.5 Å². The highest BCUT2D eigenvalue weighted by Crippen LogP contribution is 2.29. The van der Waals surface area contributed by atoms with Crippen molar-refractivity contribution in [2.45, 2.75) is 6.42 Å². The van der Waals surface area contributed by atoms with Crippen molar-refractivity contribution in [3.63, 3.8) is 0 Å². The molecule has 1 aromatic heterocycles. The van der Waals surface area contributed by atoms with Crippen LogP contribution in [0.2, 0.25) is 0 Å². The molecule has 1 amide bonds. The normalized spacial score (nSPS) is 10.3. The van der Waals surface area contributed by atoms with E-state index in [9.17, 15) is 29.0 Å². The number of amides is 1. The van der Waals surface area contributed by atoms with Gasteiger partial charge in [-0.3, -0.25) is 9.59 Å². The summed E-state index contributed by atoms with van der Waals surface area (Å²) < 4.78 is 13.1. The highest BCUT2D eigenvalue weighted by Gasteiger charge is 2.21. The number of phenols is 2. The first kappa shape index (κ1) is 17.7. The molecule has 0 radical (unpaired) electrons. The Kier molecular flexibility index (Phi) is 4.82. The van der Waals surface area contributed by atoms with E-state index in [-0.39, 0.29) is 5.56 Å². The smallest absolute Gasteiger partial charge is 0.339 e. The number of aromatic hydroxyl groups is 2. The average molecular weight is 350 g/mol. The molecule has 0 saturated carbocycles. The lowest BCUT2D eigenvalue weighted by Gasteiger charge is -2.11. The summed E-state index contributed by atoms with van der Waals surface area (Å²) in [6, 6.07) is 2.47. The average Bonchev–Trinajstić information content (AvgIpc) is 2.51. The first-order chi connectivity index (χ1) is 11.7. The molecule has 0 atom stereocenters. The number of carbonyl (C=O) groups is 3. The van der Waals surface area contributed by atoms with Crippen LogP contribution in [-0.2, 0) is 11.2 Å². The molecule has 130 valence electrons. The van der Waals surface area contributed by atoms with Gasteiger partial charge in [-0.25, -0.2) is 14.2 Å². The summed E-state index contributed by atoms with van der Waals surface area (Å²) in [7, 11) is 0. The zero-order chi connectivity index (χ0) is 18.7. The molecule has 0 fully saturated rings. The summed E-state index contributed by atoms with van der Waals surface area (Å²) in [6.07, 6.45) is 0.0237. The minimum absolute atomic E-state index is 0.219. The van der Waals surface area contributed by atoms with Crippen LogP contribution >= 0.6 is 0 Å². The summed E-state index contributed by atoms with van der Waals surface area (Å²) in [6.45, 7) is 0. The molecule has 0 unspecified atom stereocenters. The molecule has 2 aromatic rings. The molecular formula is C15H11FN2O7. The van der Waals surface area contributed by atoms with Crippen molar-refractivity contribution in [3.05, 3.63) is 46.9 Å². The topological polar surface area (TPSA) is 157 Å². The molecular weight excluding hydrogens is 339 g/mol. The fraction of sp³-hybridized carbons (Fsp3) is 0.0667. The number of pyridine rings is 1. The first-order valence-electron chi connectivity index (χ1n) is 6.66. The maximum absolute atomic E-state index is 13.1. The molecule has 1 heterocycles. The Morgan fingerprint density at radius 2 is 1.76 bits per heavy atom. The molecule has 0 spiro atoms. The number of phenolic OH excluding ortho intramolecular Hbond substituents is 2. The number of aliphatic carboxylic acids is 1. The molecule has 10 heteroatoms. The first-order valence-corrected chi connectivity index (χ1v) is 6.66. The van der Waals surface area contributed by atoms with Crippen LogP contribution in [0.3, 0.4) is 0 Å². The van der Waals surface area contributed by atoms with Gasteiger partial charge < -0.3 is 25.7 Å². The number of halogens is 1. The van der Waals surface area contributed by atoms with Gasteiger partial charge in [-0.15, -0.1) is 0 Å². The Morgan fingerprint density at radius 3 is 2.36 bits per heavy atom. The van der Waals surface area contributed by atoms with E-state index in [0.717, 1.165) is 12.1 Å². The van der Waals surface area contributed by atoms with Gasteiger partial charge in [0.05, 0.1) is 18.2 Å². The van der Waals surface area contributed by atoms with Crippen LogP contribution < -0.4 is 5.32 Å². The highest BCUT2D eigenvalue weighted by atomic mass is 19.1. The maximum atomic E-state index is 13.1. The van der Waals surface area contributed by atoms with Gasteiger partial charge in [0.25, 0.3) is 5.91 Å². The van der Waals surface area contributed by atoms with Gasteiger partial charge in [0.1, 0.15) is 28.7 Å². The second-order valence-corrected chi connectivity index (χ2v) is 4.88. The number of hydrogen-bond acceptors (Lipinski definition) is 6. The van der Waals surface area contributed by atoms with Crippen molar-refractivity contribution in [2.24, 2.45) is 0 Å². The molecule has 2 rings (SSSR count). The van der Waals surface area contributed by atoms with Crippen LogP contribution in [0.5, 0.6) is 11.5 Å². The molecule has 5 N–H and O–H groups in total. The Hall–Kier alpha value is -3.69. The molecule has 0 bridgehead atoms. The number of nitrogens with zero attached hydrogens (tertiary/aromatic N) is 1. The summed E-state index contributed by atoms with van der Waals surface area (Å²) >= 11 is 0. The van der Waals surface area contributed by atoms with Crippen LogP contribution in [-0.4, -0.2) is 43.3 Å². The monoisotopic (exact) mass is 350 g/mol. The van der Waals surface area contributed by atoms with E-state index in [0.29, 0.717) is 12.3 Å². The number of rotatable bonds is 5. The molecule has 9 nitrogen and oxygen atoms in total. The Labute approximate surface area is 139 Å². The molecule has 0 aliphatic rings. The molecule has 1 aromatic carbocycles. The van der Waals surface area contributed by atoms with E-state index in [1.807, 2.05) is 0 Å². The number of aromatic carboxylic acids is 1. The lowest BCUT2D eigenvalue weighted by Crippen LogP contribution is -2.17. The lowest BCUT2D eigenvalue weighted by molar-refractivity contribution is -0.136. The van der Waals surface area contributed by atoms with E-state index in [4.69, 9.17) is 10.2 Å².